The molecule has 0 radical (unpaired) electrons. The summed E-state index contributed by atoms with van der Waals surface area (Å²) in [6.45, 7) is 4.21. The molecule has 0 unspecified atom stereocenters. The molecule has 0 spiro atoms. The van der Waals surface area contributed by atoms with Crippen LogP contribution in [0.4, 0.5) is 5.69 Å². The molecule has 1 aromatic heterocycles. The fraction of sp³-hybridized carbons (Fsp3) is 0.357. The van der Waals surface area contributed by atoms with Gasteiger partial charge in [0.15, 0.2) is 0 Å². The van der Waals surface area contributed by atoms with Crippen LogP contribution in [-0.2, 0) is 9.53 Å². The minimum Gasteiger partial charge on any atom is -0.369 e. The van der Waals surface area contributed by atoms with Crippen LogP contribution in [0.15, 0.2) is 29.3 Å². The Morgan fingerprint density at radius 3 is 2.95 bits per heavy atom. The molecule has 1 atom stereocenters. The fourth-order valence-corrected chi connectivity index (χ4v) is 1.95. The van der Waals surface area contributed by atoms with Crippen molar-refractivity contribution in [3.05, 3.63) is 34.9 Å². The zero-order valence-corrected chi connectivity index (χ0v) is 11.5. The van der Waals surface area contributed by atoms with E-state index in [1.807, 2.05) is 13.8 Å². The Hall–Kier alpha value is -2.21. The Kier molecular flexibility index (Phi) is 4.47. The van der Waals surface area contributed by atoms with E-state index in [1.165, 1.54) is 6.33 Å². The van der Waals surface area contributed by atoms with Crippen molar-refractivity contribution in [3.8, 4) is 0 Å². The van der Waals surface area contributed by atoms with Gasteiger partial charge < -0.3 is 15.0 Å². The zero-order valence-electron chi connectivity index (χ0n) is 11.5. The molecule has 0 aliphatic carbocycles. The van der Waals surface area contributed by atoms with Gasteiger partial charge in [0.2, 0.25) is 0 Å². The highest BCUT2D eigenvalue weighted by atomic mass is 16.5. The summed E-state index contributed by atoms with van der Waals surface area (Å²) in [5.74, 6) is -0.214. The smallest absolute Gasteiger partial charge is 0.258 e. The molecule has 0 aliphatic rings. The molecule has 2 rings (SSSR count). The number of hydrogen-bond acceptors (Lipinski definition) is 4. The van der Waals surface area contributed by atoms with Gasteiger partial charge in [0.05, 0.1) is 17.2 Å². The third-order valence-corrected chi connectivity index (χ3v) is 2.94. The summed E-state index contributed by atoms with van der Waals surface area (Å²) in [5, 5.41) is 3.19. The number of ether oxygens (including phenoxy) is 1. The molecular formula is C14H17N3O3. The second-order valence-electron chi connectivity index (χ2n) is 4.31. The Morgan fingerprint density at radius 2 is 2.25 bits per heavy atom. The van der Waals surface area contributed by atoms with Gasteiger partial charge in [0, 0.05) is 12.3 Å². The number of aromatic amines is 1. The summed E-state index contributed by atoms with van der Waals surface area (Å²) in [5.41, 5.74) is 0.908. The monoisotopic (exact) mass is 275 g/mol. The molecule has 2 aromatic rings. The van der Waals surface area contributed by atoms with Crippen molar-refractivity contribution in [2.75, 3.05) is 11.9 Å². The SMILES string of the molecule is CCO[C@@H](CC)C(=O)Nc1ccc2nc[nH]c(=O)c2c1. The topological polar surface area (TPSA) is 84.1 Å². The van der Waals surface area contributed by atoms with Crippen molar-refractivity contribution in [2.24, 2.45) is 0 Å². The molecule has 2 N–H and O–H groups in total. The minimum atomic E-state index is -0.483. The molecular weight excluding hydrogens is 258 g/mol. The largest absolute Gasteiger partial charge is 0.369 e. The number of aromatic nitrogens is 2. The van der Waals surface area contributed by atoms with Gasteiger partial charge in [-0.15, -0.1) is 0 Å². The molecule has 106 valence electrons. The molecule has 6 nitrogen and oxygen atoms in total. The van der Waals surface area contributed by atoms with Crippen molar-refractivity contribution < 1.29 is 9.53 Å². The zero-order chi connectivity index (χ0) is 14.5. The van der Waals surface area contributed by atoms with Gasteiger partial charge in [0.25, 0.3) is 11.5 Å². The summed E-state index contributed by atoms with van der Waals surface area (Å²) in [6, 6.07) is 5.02. The first kappa shape index (κ1) is 14.2. The normalized spacial score (nSPS) is 12.3. The Bertz CT molecular complexity index is 666. The van der Waals surface area contributed by atoms with E-state index in [0.717, 1.165) is 0 Å². The lowest BCUT2D eigenvalue weighted by Gasteiger charge is -2.14. The molecule has 0 saturated carbocycles. The van der Waals surface area contributed by atoms with Crippen LogP contribution in [0, 0.1) is 0 Å². The molecule has 0 bridgehead atoms. The number of nitrogens with one attached hydrogen (secondary N) is 2. The summed E-state index contributed by atoms with van der Waals surface area (Å²) in [6.07, 6.45) is 1.46. The first-order chi connectivity index (χ1) is 9.65. The third-order valence-electron chi connectivity index (χ3n) is 2.94. The number of benzene rings is 1. The lowest BCUT2D eigenvalue weighted by Crippen LogP contribution is -2.29. The van der Waals surface area contributed by atoms with Crippen LogP contribution < -0.4 is 10.9 Å². The maximum atomic E-state index is 12.0. The van der Waals surface area contributed by atoms with Crippen molar-refractivity contribution >= 4 is 22.5 Å². The predicted molar refractivity (Wildman–Crippen MR) is 76.7 cm³/mol. The van der Waals surface area contributed by atoms with Crippen LogP contribution in [0.2, 0.25) is 0 Å². The second kappa shape index (κ2) is 6.29. The minimum absolute atomic E-state index is 0.214. The van der Waals surface area contributed by atoms with Gasteiger partial charge in [-0.1, -0.05) is 6.92 Å². The van der Waals surface area contributed by atoms with E-state index >= 15 is 0 Å². The van der Waals surface area contributed by atoms with Crippen LogP contribution in [-0.4, -0.2) is 28.6 Å². The van der Waals surface area contributed by atoms with Gasteiger partial charge in [-0.3, -0.25) is 9.59 Å². The maximum absolute atomic E-state index is 12.0. The van der Waals surface area contributed by atoms with Gasteiger partial charge in [-0.2, -0.15) is 0 Å². The van der Waals surface area contributed by atoms with Crippen LogP contribution in [0.5, 0.6) is 0 Å². The highest BCUT2D eigenvalue weighted by Gasteiger charge is 2.16. The molecule has 0 fully saturated rings. The number of carbonyl (C=O) groups is 1. The van der Waals surface area contributed by atoms with E-state index < -0.39 is 6.10 Å². The van der Waals surface area contributed by atoms with Crippen LogP contribution in [0.1, 0.15) is 20.3 Å². The summed E-state index contributed by atoms with van der Waals surface area (Å²) in [4.78, 5) is 30.2. The predicted octanol–water partition coefficient (Wildman–Crippen LogP) is 1.68. The van der Waals surface area contributed by atoms with Gasteiger partial charge in [-0.05, 0) is 31.5 Å². The van der Waals surface area contributed by atoms with Crippen LogP contribution in [0.25, 0.3) is 10.9 Å². The Morgan fingerprint density at radius 1 is 1.45 bits per heavy atom. The molecule has 20 heavy (non-hydrogen) atoms. The number of anilines is 1. The number of carbonyl (C=O) groups excluding carboxylic acids is 1. The highest BCUT2D eigenvalue weighted by Crippen LogP contribution is 2.14. The Balaban J connectivity index is 2.23. The molecule has 1 amide bonds. The van der Waals surface area contributed by atoms with Crippen molar-refractivity contribution in [3.63, 3.8) is 0 Å². The molecule has 0 aliphatic heterocycles. The third kappa shape index (κ3) is 3.03. The number of amides is 1. The number of H-pyrrole nitrogens is 1. The second-order valence-corrected chi connectivity index (χ2v) is 4.31. The first-order valence-electron chi connectivity index (χ1n) is 6.55. The standard InChI is InChI=1S/C14H17N3O3/c1-3-12(20-4-2)14(19)17-9-5-6-11-10(7-9)13(18)16-8-15-11/h5-8,12H,3-4H2,1-2H3,(H,17,19)(H,15,16,18)/t12-/m0/s1. The molecule has 0 saturated heterocycles. The van der Waals surface area contributed by atoms with Crippen LogP contribution >= 0.6 is 0 Å². The summed E-state index contributed by atoms with van der Waals surface area (Å²) < 4.78 is 5.34. The van der Waals surface area contributed by atoms with E-state index in [4.69, 9.17) is 4.74 Å². The highest BCUT2D eigenvalue weighted by molar-refractivity contribution is 5.96. The number of hydrogen-bond donors (Lipinski definition) is 2. The first-order valence-corrected chi connectivity index (χ1v) is 6.55. The summed E-state index contributed by atoms with van der Waals surface area (Å²) in [7, 11) is 0. The van der Waals surface area contributed by atoms with Gasteiger partial charge in [0.1, 0.15) is 6.10 Å². The maximum Gasteiger partial charge on any atom is 0.258 e. The van der Waals surface area contributed by atoms with Crippen molar-refractivity contribution in [2.45, 2.75) is 26.4 Å². The Labute approximate surface area is 116 Å². The average Bonchev–Trinajstić information content (AvgIpc) is 2.45. The van der Waals surface area contributed by atoms with E-state index in [-0.39, 0.29) is 11.5 Å². The lowest BCUT2D eigenvalue weighted by molar-refractivity contribution is -0.127. The van der Waals surface area contributed by atoms with Crippen molar-refractivity contribution in [1.82, 2.24) is 9.97 Å². The van der Waals surface area contributed by atoms with E-state index in [2.05, 4.69) is 15.3 Å². The number of rotatable bonds is 5. The number of fused-ring (bicyclic) bond motifs is 1. The van der Waals surface area contributed by atoms with E-state index in [0.29, 0.717) is 29.6 Å². The fourth-order valence-electron chi connectivity index (χ4n) is 1.95. The molecule has 1 aromatic carbocycles. The molecule has 6 heteroatoms. The van der Waals surface area contributed by atoms with Crippen LogP contribution in [0.3, 0.4) is 0 Å². The summed E-state index contributed by atoms with van der Waals surface area (Å²) >= 11 is 0. The molecule has 1 heterocycles. The average molecular weight is 275 g/mol. The number of nitrogens with zero attached hydrogens (tertiary/aromatic N) is 1. The van der Waals surface area contributed by atoms with Crippen molar-refractivity contribution in [1.29, 1.82) is 0 Å². The van der Waals surface area contributed by atoms with E-state index in [9.17, 15) is 9.59 Å². The van der Waals surface area contributed by atoms with Gasteiger partial charge >= 0.3 is 0 Å². The lowest BCUT2D eigenvalue weighted by atomic mass is 10.2. The quantitative estimate of drug-likeness (QED) is 0.869. The van der Waals surface area contributed by atoms with E-state index in [1.54, 1.807) is 18.2 Å². The van der Waals surface area contributed by atoms with Gasteiger partial charge in [-0.25, -0.2) is 4.98 Å².